The van der Waals surface area contributed by atoms with E-state index in [-0.39, 0.29) is 5.91 Å². The molecule has 0 saturated heterocycles. The van der Waals surface area contributed by atoms with Gasteiger partial charge < -0.3 is 9.15 Å². The number of carbonyl (C=O) groups excluding carboxylic acids is 1. The van der Waals surface area contributed by atoms with Gasteiger partial charge in [0, 0.05) is 5.56 Å². The SMILES string of the molecule is COc1cccc(C(=O)Nc2nnc(-c3ccco3)s2)c1. The highest BCUT2D eigenvalue weighted by atomic mass is 32.1. The molecule has 0 unspecified atom stereocenters. The lowest BCUT2D eigenvalue weighted by atomic mass is 10.2. The van der Waals surface area contributed by atoms with Gasteiger partial charge in [-0.2, -0.15) is 0 Å². The van der Waals surface area contributed by atoms with E-state index in [2.05, 4.69) is 15.5 Å². The molecule has 1 amide bonds. The van der Waals surface area contributed by atoms with Crippen molar-refractivity contribution >= 4 is 22.4 Å². The highest BCUT2D eigenvalue weighted by molar-refractivity contribution is 7.18. The summed E-state index contributed by atoms with van der Waals surface area (Å²) in [6, 6.07) is 10.4. The van der Waals surface area contributed by atoms with Gasteiger partial charge in [0.25, 0.3) is 5.91 Å². The minimum absolute atomic E-state index is 0.268. The van der Waals surface area contributed by atoms with Gasteiger partial charge in [-0.05, 0) is 30.3 Å². The number of anilines is 1. The van der Waals surface area contributed by atoms with Gasteiger partial charge in [-0.25, -0.2) is 0 Å². The Morgan fingerprint density at radius 1 is 1.29 bits per heavy atom. The zero-order valence-electron chi connectivity index (χ0n) is 11.1. The summed E-state index contributed by atoms with van der Waals surface area (Å²) in [5.74, 6) is 0.974. The minimum Gasteiger partial charge on any atom is -0.497 e. The summed E-state index contributed by atoms with van der Waals surface area (Å²) in [4.78, 5) is 12.1. The summed E-state index contributed by atoms with van der Waals surface area (Å²) in [7, 11) is 1.55. The molecule has 7 heteroatoms. The van der Waals surface area contributed by atoms with Crippen LogP contribution in [0.5, 0.6) is 5.75 Å². The Hall–Kier alpha value is -2.67. The smallest absolute Gasteiger partial charge is 0.257 e. The van der Waals surface area contributed by atoms with Crippen molar-refractivity contribution in [3.63, 3.8) is 0 Å². The van der Waals surface area contributed by atoms with E-state index in [9.17, 15) is 4.79 Å². The fourth-order valence-electron chi connectivity index (χ4n) is 1.71. The van der Waals surface area contributed by atoms with Gasteiger partial charge in [0.15, 0.2) is 10.8 Å². The Morgan fingerprint density at radius 3 is 2.95 bits per heavy atom. The fraction of sp³-hybridized carbons (Fsp3) is 0.0714. The van der Waals surface area contributed by atoms with Gasteiger partial charge in [-0.3, -0.25) is 10.1 Å². The molecular formula is C14H11N3O3S. The second-order valence-corrected chi connectivity index (χ2v) is 5.05. The van der Waals surface area contributed by atoms with Gasteiger partial charge in [0.05, 0.1) is 13.4 Å². The molecule has 2 aromatic heterocycles. The highest BCUT2D eigenvalue weighted by Crippen LogP contribution is 2.26. The van der Waals surface area contributed by atoms with E-state index < -0.39 is 0 Å². The van der Waals surface area contributed by atoms with Crippen LogP contribution in [-0.2, 0) is 0 Å². The van der Waals surface area contributed by atoms with E-state index in [1.165, 1.54) is 11.3 Å². The zero-order chi connectivity index (χ0) is 14.7. The van der Waals surface area contributed by atoms with E-state index in [1.807, 2.05) is 0 Å². The largest absolute Gasteiger partial charge is 0.497 e. The van der Waals surface area contributed by atoms with Crippen molar-refractivity contribution in [2.24, 2.45) is 0 Å². The number of ether oxygens (including phenoxy) is 1. The van der Waals surface area contributed by atoms with Crippen molar-refractivity contribution in [1.29, 1.82) is 0 Å². The highest BCUT2D eigenvalue weighted by Gasteiger charge is 2.13. The molecule has 0 aliphatic rings. The summed E-state index contributed by atoms with van der Waals surface area (Å²) in [6.07, 6.45) is 1.56. The van der Waals surface area contributed by atoms with Crippen LogP contribution >= 0.6 is 11.3 Å². The lowest BCUT2D eigenvalue weighted by molar-refractivity contribution is 0.102. The molecule has 21 heavy (non-hydrogen) atoms. The predicted molar refractivity (Wildman–Crippen MR) is 78.6 cm³/mol. The number of hydrogen-bond donors (Lipinski definition) is 1. The summed E-state index contributed by atoms with van der Waals surface area (Å²) in [5, 5.41) is 11.6. The van der Waals surface area contributed by atoms with Gasteiger partial charge in [0.2, 0.25) is 5.13 Å². The number of benzene rings is 1. The molecule has 2 heterocycles. The van der Waals surface area contributed by atoms with Gasteiger partial charge in [-0.15, -0.1) is 10.2 Å². The molecule has 0 radical (unpaired) electrons. The molecule has 0 saturated carbocycles. The predicted octanol–water partition coefficient (Wildman–Crippen LogP) is 3.06. The van der Waals surface area contributed by atoms with Gasteiger partial charge >= 0.3 is 0 Å². The van der Waals surface area contributed by atoms with Crippen LogP contribution in [0.1, 0.15) is 10.4 Å². The first-order valence-corrected chi connectivity index (χ1v) is 6.90. The van der Waals surface area contributed by atoms with Crippen LogP contribution in [0.25, 0.3) is 10.8 Å². The molecule has 106 valence electrons. The van der Waals surface area contributed by atoms with Crippen LogP contribution < -0.4 is 10.1 Å². The quantitative estimate of drug-likeness (QED) is 0.801. The van der Waals surface area contributed by atoms with E-state index in [4.69, 9.17) is 9.15 Å². The number of amides is 1. The first kappa shape index (κ1) is 13.3. The summed E-state index contributed by atoms with van der Waals surface area (Å²) >= 11 is 1.24. The zero-order valence-corrected chi connectivity index (χ0v) is 11.9. The standard InChI is InChI=1S/C14H11N3O3S/c1-19-10-5-2-4-9(8-10)12(18)15-14-17-16-13(21-14)11-6-3-7-20-11/h2-8H,1H3,(H,15,17,18). The van der Waals surface area contributed by atoms with E-state index in [0.717, 1.165) is 0 Å². The average molecular weight is 301 g/mol. The summed E-state index contributed by atoms with van der Waals surface area (Å²) in [5.41, 5.74) is 0.490. The average Bonchev–Trinajstić information content (AvgIpc) is 3.18. The monoisotopic (exact) mass is 301 g/mol. The van der Waals surface area contributed by atoms with E-state index >= 15 is 0 Å². The van der Waals surface area contributed by atoms with Crippen molar-refractivity contribution in [2.45, 2.75) is 0 Å². The normalized spacial score (nSPS) is 10.3. The van der Waals surface area contributed by atoms with Crippen molar-refractivity contribution < 1.29 is 13.9 Å². The topological polar surface area (TPSA) is 77.2 Å². The number of nitrogens with zero attached hydrogens (tertiary/aromatic N) is 2. The number of rotatable bonds is 4. The lowest BCUT2D eigenvalue weighted by Gasteiger charge is -2.03. The maximum Gasteiger partial charge on any atom is 0.257 e. The summed E-state index contributed by atoms with van der Waals surface area (Å²) in [6.45, 7) is 0. The van der Waals surface area contributed by atoms with Crippen LogP contribution in [0.4, 0.5) is 5.13 Å². The molecule has 0 atom stereocenters. The number of nitrogens with one attached hydrogen (secondary N) is 1. The minimum atomic E-state index is -0.268. The molecule has 3 rings (SSSR count). The number of hydrogen-bond acceptors (Lipinski definition) is 6. The molecule has 1 aromatic carbocycles. The van der Waals surface area contributed by atoms with Gasteiger partial charge in [-0.1, -0.05) is 17.4 Å². The van der Waals surface area contributed by atoms with Crippen LogP contribution in [0.3, 0.4) is 0 Å². The van der Waals surface area contributed by atoms with E-state index in [0.29, 0.717) is 27.2 Å². The second-order valence-electron chi connectivity index (χ2n) is 4.08. The molecule has 1 N–H and O–H groups in total. The first-order valence-electron chi connectivity index (χ1n) is 6.09. The van der Waals surface area contributed by atoms with E-state index in [1.54, 1.807) is 49.8 Å². The number of furan rings is 1. The molecule has 0 fully saturated rings. The van der Waals surface area contributed by atoms with Crippen molar-refractivity contribution in [3.05, 3.63) is 48.2 Å². The number of carbonyl (C=O) groups is 1. The Morgan fingerprint density at radius 2 is 2.19 bits per heavy atom. The van der Waals surface area contributed by atoms with Crippen molar-refractivity contribution in [1.82, 2.24) is 10.2 Å². The molecule has 0 spiro atoms. The third kappa shape index (κ3) is 2.92. The van der Waals surface area contributed by atoms with Crippen LogP contribution in [-0.4, -0.2) is 23.2 Å². The third-order valence-corrected chi connectivity index (χ3v) is 3.56. The Bertz CT molecular complexity index is 752. The Balaban J connectivity index is 1.75. The number of methoxy groups -OCH3 is 1. The van der Waals surface area contributed by atoms with Crippen molar-refractivity contribution in [2.75, 3.05) is 12.4 Å². The molecule has 0 aliphatic heterocycles. The fourth-order valence-corrected chi connectivity index (χ4v) is 2.41. The van der Waals surface area contributed by atoms with Crippen LogP contribution in [0.15, 0.2) is 47.1 Å². The Labute approximate surface area is 124 Å². The Kier molecular flexibility index (Phi) is 3.65. The van der Waals surface area contributed by atoms with Gasteiger partial charge in [0.1, 0.15) is 5.75 Å². The molecule has 6 nitrogen and oxygen atoms in total. The third-order valence-electron chi connectivity index (χ3n) is 2.71. The molecule has 3 aromatic rings. The van der Waals surface area contributed by atoms with Crippen molar-refractivity contribution in [3.8, 4) is 16.5 Å². The maximum absolute atomic E-state index is 12.1. The summed E-state index contributed by atoms with van der Waals surface area (Å²) < 4.78 is 10.3. The second kappa shape index (κ2) is 5.76. The molecule has 0 aliphatic carbocycles. The van der Waals surface area contributed by atoms with Crippen LogP contribution in [0.2, 0.25) is 0 Å². The lowest BCUT2D eigenvalue weighted by Crippen LogP contribution is -2.11. The van der Waals surface area contributed by atoms with Crippen LogP contribution in [0, 0.1) is 0 Å². The first-order chi connectivity index (χ1) is 10.3. The maximum atomic E-state index is 12.1. The molecular weight excluding hydrogens is 290 g/mol. The number of aromatic nitrogens is 2. The molecule has 0 bridgehead atoms.